The number of aromatic nitrogens is 3. The number of nitrogens with zero attached hydrogens (tertiary/aromatic N) is 1. The predicted molar refractivity (Wildman–Crippen MR) is 104 cm³/mol. The molecule has 3 N–H and O–H groups in total. The van der Waals surface area contributed by atoms with E-state index in [-0.39, 0.29) is 17.4 Å². The number of ether oxygens (including phenoxy) is 1. The van der Waals surface area contributed by atoms with Gasteiger partial charge >= 0.3 is 0 Å². The summed E-state index contributed by atoms with van der Waals surface area (Å²) in [6.45, 7) is 5.94. The molecule has 1 amide bonds. The van der Waals surface area contributed by atoms with Crippen LogP contribution in [0.4, 0.5) is 0 Å². The van der Waals surface area contributed by atoms with E-state index in [1.807, 2.05) is 24.4 Å². The monoisotopic (exact) mass is 364 g/mol. The molecule has 3 heterocycles. The van der Waals surface area contributed by atoms with E-state index in [2.05, 4.69) is 34.3 Å². The van der Waals surface area contributed by atoms with Crippen LogP contribution in [0.5, 0.6) is 0 Å². The van der Waals surface area contributed by atoms with Gasteiger partial charge in [-0.1, -0.05) is 13.8 Å². The fraction of sp³-hybridized carbons (Fsp3) is 0.429. The zero-order chi connectivity index (χ0) is 18.6. The van der Waals surface area contributed by atoms with Gasteiger partial charge in [-0.2, -0.15) is 5.10 Å². The SMILES string of the molecule is CC1(C)Cc2cn[nH]c2-c2[nH]c3ccc(C(=O)NC4CCOCC4)cc3c21. The number of hydrogen-bond acceptors (Lipinski definition) is 3. The van der Waals surface area contributed by atoms with Crippen molar-refractivity contribution >= 4 is 16.8 Å². The van der Waals surface area contributed by atoms with Crippen LogP contribution in [0, 0.1) is 0 Å². The van der Waals surface area contributed by atoms with Crippen molar-refractivity contribution in [2.24, 2.45) is 0 Å². The Morgan fingerprint density at radius 3 is 2.89 bits per heavy atom. The van der Waals surface area contributed by atoms with Gasteiger partial charge in [0.05, 0.1) is 17.6 Å². The molecule has 2 aliphatic rings. The van der Waals surface area contributed by atoms with Gasteiger partial charge in [0.25, 0.3) is 5.91 Å². The Bertz CT molecular complexity index is 1020. The van der Waals surface area contributed by atoms with Crippen molar-refractivity contribution in [1.29, 1.82) is 0 Å². The third kappa shape index (κ3) is 2.67. The Morgan fingerprint density at radius 1 is 1.26 bits per heavy atom. The van der Waals surface area contributed by atoms with Crippen molar-refractivity contribution in [2.45, 2.75) is 44.6 Å². The van der Waals surface area contributed by atoms with E-state index in [1.54, 1.807) is 0 Å². The molecule has 0 unspecified atom stereocenters. The van der Waals surface area contributed by atoms with Gasteiger partial charge in [-0.05, 0) is 48.4 Å². The summed E-state index contributed by atoms with van der Waals surface area (Å²) in [4.78, 5) is 16.3. The number of carbonyl (C=O) groups excluding carboxylic acids is 1. The van der Waals surface area contributed by atoms with Crippen LogP contribution in [-0.4, -0.2) is 40.3 Å². The van der Waals surface area contributed by atoms with E-state index in [0.717, 1.165) is 54.8 Å². The van der Waals surface area contributed by atoms with E-state index < -0.39 is 0 Å². The number of rotatable bonds is 2. The van der Waals surface area contributed by atoms with Crippen LogP contribution in [0.2, 0.25) is 0 Å². The normalized spacial score (nSPS) is 18.9. The van der Waals surface area contributed by atoms with Crippen LogP contribution in [0.3, 0.4) is 0 Å². The lowest BCUT2D eigenvalue weighted by Gasteiger charge is -2.30. The Kier molecular flexibility index (Phi) is 3.65. The van der Waals surface area contributed by atoms with E-state index in [0.29, 0.717) is 5.56 Å². The zero-order valence-electron chi connectivity index (χ0n) is 15.7. The number of benzene rings is 1. The van der Waals surface area contributed by atoms with Crippen LogP contribution in [0.1, 0.15) is 48.2 Å². The molecule has 140 valence electrons. The minimum Gasteiger partial charge on any atom is -0.381 e. The molecule has 1 aromatic carbocycles. The molecule has 0 spiro atoms. The van der Waals surface area contributed by atoms with Crippen molar-refractivity contribution < 1.29 is 9.53 Å². The average molecular weight is 364 g/mol. The molecule has 1 saturated heterocycles. The maximum atomic E-state index is 12.8. The van der Waals surface area contributed by atoms with Crippen LogP contribution in [-0.2, 0) is 16.6 Å². The summed E-state index contributed by atoms with van der Waals surface area (Å²) in [5.74, 6) is -0.00500. The molecule has 5 rings (SSSR count). The lowest BCUT2D eigenvalue weighted by Crippen LogP contribution is -2.38. The van der Waals surface area contributed by atoms with Crippen LogP contribution < -0.4 is 5.32 Å². The standard InChI is InChI=1S/C21H24N4O2/c1-21(2)10-13-11-22-25-18(13)19-17(21)15-9-12(3-4-16(15)24-19)20(26)23-14-5-7-27-8-6-14/h3-4,9,11,14,24H,5-8,10H2,1-2H3,(H,22,25)(H,23,26). The Labute approximate surface area is 157 Å². The molecule has 6 nitrogen and oxygen atoms in total. The molecular formula is C21H24N4O2. The first-order chi connectivity index (χ1) is 13.0. The first-order valence-corrected chi connectivity index (χ1v) is 9.60. The minimum absolute atomic E-state index is 0.00500. The Morgan fingerprint density at radius 2 is 2.07 bits per heavy atom. The molecule has 3 aromatic rings. The quantitative estimate of drug-likeness (QED) is 0.652. The van der Waals surface area contributed by atoms with Crippen LogP contribution >= 0.6 is 0 Å². The molecule has 0 bridgehead atoms. The number of aromatic amines is 2. The van der Waals surface area contributed by atoms with Crippen molar-refractivity contribution in [1.82, 2.24) is 20.5 Å². The lowest BCUT2D eigenvalue weighted by atomic mass is 9.73. The summed E-state index contributed by atoms with van der Waals surface area (Å²) in [5.41, 5.74) is 6.39. The lowest BCUT2D eigenvalue weighted by molar-refractivity contribution is 0.0696. The first-order valence-electron chi connectivity index (χ1n) is 9.60. The number of H-pyrrole nitrogens is 2. The Hall–Kier alpha value is -2.60. The van der Waals surface area contributed by atoms with Gasteiger partial charge in [0, 0.05) is 41.3 Å². The van der Waals surface area contributed by atoms with E-state index in [1.165, 1.54) is 11.1 Å². The Balaban J connectivity index is 1.56. The van der Waals surface area contributed by atoms with E-state index in [4.69, 9.17) is 4.74 Å². The number of carbonyl (C=O) groups is 1. The van der Waals surface area contributed by atoms with Crippen LogP contribution in [0.25, 0.3) is 22.3 Å². The highest BCUT2D eigenvalue weighted by Crippen LogP contribution is 2.45. The molecule has 2 aromatic heterocycles. The second-order valence-corrected chi connectivity index (χ2v) is 8.33. The molecule has 0 saturated carbocycles. The highest BCUT2D eigenvalue weighted by atomic mass is 16.5. The number of nitrogens with one attached hydrogen (secondary N) is 3. The van der Waals surface area contributed by atoms with Crippen LogP contribution in [0.15, 0.2) is 24.4 Å². The second kappa shape index (κ2) is 5.96. The summed E-state index contributed by atoms with van der Waals surface area (Å²) in [7, 11) is 0. The molecule has 27 heavy (non-hydrogen) atoms. The highest BCUT2D eigenvalue weighted by molar-refractivity contribution is 6.01. The minimum atomic E-state index is -0.0275. The highest BCUT2D eigenvalue weighted by Gasteiger charge is 2.35. The van der Waals surface area contributed by atoms with E-state index >= 15 is 0 Å². The number of fused-ring (bicyclic) bond motifs is 5. The van der Waals surface area contributed by atoms with Gasteiger partial charge in [-0.3, -0.25) is 9.89 Å². The second-order valence-electron chi connectivity index (χ2n) is 8.33. The summed E-state index contributed by atoms with van der Waals surface area (Å²) in [5, 5.41) is 11.6. The maximum Gasteiger partial charge on any atom is 0.251 e. The molecule has 1 aliphatic heterocycles. The molecule has 0 atom stereocenters. The smallest absolute Gasteiger partial charge is 0.251 e. The van der Waals surface area contributed by atoms with Gasteiger partial charge in [0.15, 0.2) is 0 Å². The first kappa shape index (κ1) is 16.6. The molecular weight excluding hydrogens is 340 g/mol. The topological polar surface area (TPSA) is 82.8 Å². The fourth-order valence-electron chi connectivity index (χ4n) is 4.56. The van der Waals surface area contributed by atoms with Gasteiger partial charge in [-0.15, -0.1) is 0 Å². The van der Waals surface area contributed by atoms with Crippen molar-refractivity contribution in [3.05, 3.63) is 41.1 Å². The van der Waals surface area contributed by atoms with Crippen molar-refractivity contribution in [2.75, 3.05) is 13.2 Å². The van der Waals surface area contributed by atoms with Gasteiger partial charge in [0.2, 0.25) is 0 Å². The van der Waals surface area contributed by atoms with Crippen molar-refractivity contribution in [3.8, 4) is 11.4 Å². The summed E-state index contributed by atoms with van der Waals surface area (Å²) < 4.78 is 5.38. The summed E-state index contributed by atoms with van der Waals surface area (Å²) in [6.07, 6.45) is 4.60. The molecule has 6 heteroatoms. The average Bonchev–Trinajstić information content (AvgIpc) is 3.25. The molecule has 1 fully saturated rings. The molecule has 0 radical (unpaired) electrons. The van der Waals surface area contributed by atoms with Gasteiger partial charge in [0.1, 0.15) is 0 Å². The maximum absolute atomic E-state index is 12.8. The third-order valence-corrected chi connectivity index (χ3v) is 5.89. The van der Waals surface area contributed by atoms with Crippen molar-refractivity contribution in [3.63, 3.8) is 0 Å². The molecule has 1 aliphatic carbocycles. The fourth-order valence-corrected chi connectivity index (χ4v) is 4.56. The van der Waals surface area contributed by atoms with Gasteiger partial charge in [-0.25, -0.2) is 0 Å². The third-order valence-electron chi connectivity index (χ3n) is 5.89. The predicted octanol–water partition coefficient (Wildman–Crippen LogP) is 3.30. The summed E-state index contributed by atoms with van der Waals surface area (Å²) >= 11 is 0. The largest absolute Gasteiger partial charge is 0.381 e. The van der Waals surface area contributed by atoms with E-state index in [9.17, 15) is 4.79 Å². The zero-order valence-corrected chi connectivity index (χ0v) is 15.7. The number of amides is 1. The summed E-state index contributed by atoms with van der Waals surface area (Å²) in [6, 6.07) is 6.15. The number of hydrogen-bond donors (Lipinski definition) is 3. The van der Waals surface area contributed by atoms with Gasteiger partial charge < -0.3 is 15.0 Å².